The van der Waals surface area contributed by atoms with Crippen LogP contribution < -0.4 is 4.74 Å². The van der Waals surface area contributed by atoms with Gasteiger partial charge in [-0.1, -0.05) is 24.3 Å². The minimum Gasteiger partial charge on any atom is -0.497 e. The number of hydrogen-bond acceptors (Lipinski definition) is 4. The highest BCUT2D eigenvalue weighted by Gasteiger charge is 2.46. The van der Waals surface area contributed by atoms with E-state index in [2.05, 4.69) is 40.2 Å². The Morgan fingerprint density at radius 1 is 1.04 bits per heavy atom. The van der Waals surface area contributed by atoms with Crippen LogP contribution in [0, 0.1) is 5.92 Å². The largest absolute Gasteiger partial charge is 0.497 e. The van der Waals surface area contributed by atoms with Crippen molar-refractivity contribution in [1.82, 2.24) is 9.88 Å². The van der Waals surface area contributed by atoms with Crippen LogP contribution in [0.2, 0.25) is 0 Å². The normalized spacial score (nSPS) is 27.0. The molecule has 0 spiro atoms. The molecule has 6 rings (SSSR count). The van der Waals surface area contributed by atoms with E-state index in [0.29, 0.717) is 5.92 Å². The Hall–Kier alpha value is -2.43. The molecule has 1 aromatic heterocycles. The summed E-state index contributed by atoms with van der Waals surface area (Å²) in [6.07, 6.45) is 4.09. The van der Waals surface area contributed by atoms with Crippen molar-refractivity contribution in [2.45, 2.75) is 18.4 Å². The molecule has 4 heterocycles. The van der Waals surface area contributed by atoms with Crippen molar-refractivity contribution in [1.29, 1.82) is 0 Å². The van der Waals surface area contributed by atoms with E-state index in [0.717, 1.165) is 65.8 Å². The van der Waals surface area contributed by atoms with Gasteiger partial charge in [0.15, 0.2) is 0 Å². The van der Waals surface area contributed by atoms with Crippen LogP contribution in [0.4, 0.5) is 0 Å². The summed E-state index contributed by atoms with van der Waals surface area (Å²) in [6.45, 7) is 3.01. The van der Waals surface area contributed by atoms with Gasteiger partial charge in [0.2, 0.25) is 0 Å². The molecule has 4 heteroatoms. The zero-order valence-electron chi connectivity index (χ0n) is 15.6. The van der Waals surface area contributed by atoms with E-state index in [9.17, 15) is 5.11 Å². The third-order valence-electron chi connectivity index (χ3n) is 6.34. The molecule has 0 radical (unpaired) electrons. The Labute approximate surface area is 159 Å². The minimum absolute atomic E-state index is 0.380. The number of rotatable bonds is 3. The Morgan fingerprint density at radius 3 is 2.48 bits per heavy atom. The number of benzene rings is 2. The predicted molar refractivity (Wildman–Crippen MR) is 107 cm³/mol. The molecule has 1 atom stereocenters. The second-order valence-corrected chi connectivity index (χ2v) is 7.83. The molecule has 3 aliphatic heterocycles. The van der Waals surface area contributed by atoms with Gasteiger partial charge in [0, 0.05) is 29.8 Å². The Bertz CT molecular complexity index is 977. The Balaban J connectivity index is 1.46. The molecule has 1 unspecified atom stereocenters. The van der Waals surface area contributed by atoms with Crippen molar-refractivity contribution >= 4 is 10.9 Å². The minimum atomic E-state index is -0.701. The molecule has 0 aliphatic carbocycles. The lowest BCUT2D eigenvalue weighted by atomic mass is 9.71. The van der Waals surface area contributed by atoms with Crippen LogP contribution in [-0.4, -0.2) is 41.7 Å². The van der Waals surface area contributed by atoms with E-state index in [1.54, 1.807) is 7.11 Å². The fourth-order valence-corrected chi connectivity index (χ4v) is 4.70. The van der Waals surface area contributed by atoms with E-state index in [1.165, 1.54) is 0 Å². The summed E-state index contributed by atoms with van der Waals surface area (Å²) < 4.78 is 5.27. The van der Waals surface area contributed by atoms with Gasteiger partial charge in [-0.15, -0.1) is 0 Å². The first kappa shape index (κ1) is 16.7. The van der Waals surface area contributed by atoms with Crippen LogP contribution in [0.5, 0.6) is 5.75 Å². The first-order valence-corrected chi connectivity index (χ1v) is 9.65. The van der Waals surface area contributed by atoms with Gasteiger partial charge in [-0.2, -0.15) is 0 Å². The maximum Gasteiger partial charge on any atom is 0.121 e. The first-order valence-electron chi connectivity index (χ1n) is 9.65. The quantitative estimate of drug-likeness (QED) is 0.771. The van der Waals surface area contributed by atoms with Crippen molar-refractivity contribution in [3.05, 3.63) is 60.3 Å². The topological polar surface area (TPSA) is 45.6 Å². The molecule has 138 valence electrons. The zero-order chi connectivity index (χ0) is 18.4. The van der Waals surface area contributed by atoms with Gasteiger partial charge in [0.1, 0.15) is 11.4 Å². The lowest BCUT2D eigenvalue weighted by Gasteiger charge is -2.50. The van der Waals surface area contributed by atoms with Gasteiger partial charge in [0.05, 0.1) is 12.6 Å². The van der Waals surface area contributed by atoms with Crippen molar-refractivity contribution < 1.29 is 9.84 Å². The number of fused-ring (bicyclic) bond motifs is 4. The second-order valence-electron chi connectivity index (χ2n) is 7.83. The van der Waals surface area contributed by atoms with Gasteiger partial charge in [-0.25, -0.2) is 0 Å². The van der Waals surface area contributed by atoms with Crippen LogP contribution in [0.15, 0.2) is 54.7 Å². The third kappa shape index (κ3) is 2.80. The summed E-state index contributed by atoms with van der Waals surface area (Å²) in [5.74, 6) is 1.20. The smallest absolute Gasteiger partial charge is 0.121 e. The van der Waals surface area contributed by atoms with E-state index in [4.69, 9.17) is 4.74 Å². The number of hydrogen-bond donors (Lipinski definition) is 1. The predicted octanol–water partition coefficient (Wildman–Crippen LogP) is 3.82. The maximum absolute atomic E-state index is 11.3. The molecule has 1 N–H and O–H groups in total. The average molecular weight is 360 g/mol. The fourth-order valence-electron chi connectivity index (χ4n) is 4.70. The third-order valence-corrected chi connectivity index (χ3v) is 6.34. The average Bonchev–Trinajstić information content (AvgIpc) is 2.74. The lowest BCUT2D eigenvalue weighted by molar-refractivity contribution is -0.117. The molecule has 3 aromatic rings. The van der Waals surface area contributed by atoms with Gasteiger partial charge in [0.25, 0.3) is 0 Å². The van der Waals surface area contributed by atoms with Crippen molar-refractivity contribution in [3.63, 3.8) is 0 Å². The number of aliphatic hydroxyl groups is 1. The fraction of sp³-hybridized carbons (Fsp3) is 0.348. The zero-order valence-corrected chi connectivity index (χ0v) is 15.6. The van der Waals surface area contributed by atoms with Gasteiger partial charge < -0.3 is 14.7 Å². The van der Waals surface area contributed by atoms with Crippen LogP contribution in [0.1, 0.15) is 18.4 Å². The molecule has 4 nitrogen and oxygen atoms in total. The molecule has 3 aliphatic rings. The Kier molecular flexibility index (Phi) is 3.92. The summed E-state index contributed by atoms with van der Waals surface area (Å²) in [5.41, 5.74) is 3.47. The second kappa shape index (κ2) is 6.32. The summed E-state index contributed by atoms with van der Waals surface area (Å²) >= 11 is 0. The van der Waals surface area contributed by atoms with Crippen LogP contribution in [0.3, 0.4) is 0 Å². The molecule has 3 saturated heterocycles. The van der Waals surface area contributed by atoms with Crippen molar-refractivity contribution in [2.24, 2.45) is 5.92 Å². The summed E-state index contributed by atoms with van der Waals surface area (Å²) in [7, 11) is 1.67. The van der Waals surface area contributed by atoms with Crippen molar-refractivity contribution in [3.8, 4) is 16.9 Å². The van der Waals surface area contributed by atoms with Crippen molar-refractivity contribution in [2.75, 3.05) is 26.7 Å². The number of piperidine rings is 3. The monoisotopic (exact) mass is 360 g/mol. The number of ether oxygens (including phenoxy) is 1. The van der Waals surface area contributed by atoms with Crippen LogP contribution >= 0.6 is 0 Å². The van der Waals surface area contributed by atoms with Gasteiger partial charge in [-0.3, -0.25) is 4.98 Å². The number of methoxy groups -OCH3 is 1. The summed E-state index contributed by atoms with van der Waals surface area (Å²) in [5, 5.41) is 12.4. The maximum atomic E-state index is 11.3. The van der Waals surface area contributed by atoms with Crippen LogP contribution in [-0.2, 0) is 5.60 Å². The molecular formula is C23H24N2O2. The summed E-state index contributed by atoms with van der Waals surface area (Å²) in [4.78, 5) is 6.97. The van der Waals surface area contributed by atoms with Crippen LogP contribution in [0.25, 0.3) is 22.0 Å². The van der Waals surface area contributed by atoms with E-state index in [1.807, 2.05) is 24.4 Å². The first-order chi connectivity index (χ1) is 13.2. The molecule has 0 amide bonds. The summed E-state index contributed by atoms with van der Waals surface area (Å²) in [6, 6.07) is 16.5. The highest BCUT2D eigenvalue weighted by atomic mass is 16.5. The van der Waals surface area contributed by atoms with E-state index in [-0.39, 0.29) is 0 Å². The van der Waals surface area contributed by atoms with Gasteiger partial charge in [-0.05, 0) is 61.2 Å². The SMILES string of the molecule is COc1ccc2cc(-c3ccc(C4(O)CN5CCC4CC5)cc3)cnc2c1. The van der Waals surface area contributed by atoms with Gasteiger partial charge >= 0.3 is 0 Å². The highest BCUT2D eigenvalue weighted by Crippen LogP contribution is 2.42. The molecular weight excluding hydrogens is 336 g/mol. The molecule has 3 fully saturated rings. The van der Waals surface area contributed by atoms with E-state index < -0.39 is 5.60 Å². The highest BCUT2D eigenvalue weighted by molar-refractivity contribution is 5.84. The Morgan fingerprint density at radius 2 is 1.81 bits per heavy atom. The molecule has 0 saturated carbocycles. The van der Waals surface area contributed by atoms with E-state index >= 15 is 0 Å². The lowest BCUT2D eigenvalue weighted by Crippen LogP contribution is -2.57. The number of aromatic nitrogens is 1. The number of pyridine rings is 1. The number of nitrogens with zero attached hydrogens (tertiary/aromatic N) is 2. The molecule has 2 bridgehead atoms. The standard InChI is InChI=1S/C23H24N2O2/c1-27-21-7-4-17-12-18(14-24-22(17)13-21)16-2-5-19(6-3-16)23(26)15-25-10-8-20(23)9-11-25/h2-7,12-14,20,26H,8-11,15H2,1H3. The molecule has 27 heavy (non-hydrogen) atoms. The molecule has 2 aromatic carbocycles.